The van der Waals surface area contributed by atoms with Crippen LogP contribution in [0.4, 0.5) is 4.39 Å². The van der Waals surface area contributed by atoms with Gasteiger partial charge in [0.05, 0.1) is 0 Å². The maximum atomic E-state index is 14.3. The fourth-order valence-corrected chi connectivity index (χ4v) is 3.64. The van der Waals surface area contributed by atoms with Crippen LogP contribution in [0.1, 0.15) is 63.1 Å². The van der Waals surface area contributed by atoms with Crippen molar-refractivity contribution in [1.29, 1.82) is 0 Å². The van der Waals surface area contributed by atoms with Crippen molar-refractivity contribution in [2.24, 2.45) is 11.8 Å². The largest absolute Gasteiger partial charge is 0.310 e. The van der Waals surface area contributed by atoms with Crippen LogP contribution in [0.15, 0.2) is 18.2 Å². The van der Waals surface area contributed by atoms with E-state index < -0.39 is 0 Å². The second-order valence-electron chi connectivity index (χ2n) is 6.26. The molecular weight excluding hydrogens is 249 g/mol. The highest BCUT2D eigenvalue weighted by atomic mass is 19.1. The third-order valence-electron chi connectivity index (χ3n) is 4.79. The minimum atomic E-state index is -0.0467. The van der Waals surface area contributed by atoms with Crippen LogP contribution in [0.5, 0.6) is 0 Å². The summed E-state index contributed by atoms with van der Waals surface area (Å²) in [6, 6.07) is 5.85. The van der Waals surface area contributed by atoms with Gasteiger partial charge in [0.15, 0.2) is 0 Å². The maximum Gasteiger partial charge on any atom is 0.128 e. The molecule has 3 unspecified atom stereocenters. The van der Waals surface area contributed by atoms with Crippen LogP contribution in [-0.2, 0) is 0 Å². The molecule has 1 N–H and O–H groups in total. The zero-order valence-corrected chi connectivity index (χ0v) is 13.1. The summed E-state index contributed by atoms with van der Waals surface area (Å²) in [5, 5.41) is 3.53. The molecule has 2 rings (SSSR count). The predicted molar refractivity (Wildman–Crippen MR) is 83.3 cm³/mol. The Hall–Kier alpha value is -0.890. The van der Waals surface area contributed by atoms with E-state index in [0.29, 0.717) is 5.92 Å². The van der Waals surface area contributed by atoms with Gasteiger partial charge >= 0.3 is 0 Å². The summed E-state index contributed by atoms with van der Waals surface area (Å²) in [5.41, 5.74) is 1.86. The van der Waals surface area contributed by atoms with Gasteiger partial charge < -0.3 is 5.32 Å². The molecular formula is C18H28FN. The molecule has 0 radical (unpaired) electrons. The molecule has 1 saturated carbocycles. The van der Waals surface area contributed by atoms with E-state index in [1.165, 1.54) is 32.1 Å². The number of nitrogens with one attached hydrogen (secondary N) is 1. The first-order valence-electron chi connectivity index (χ1n) is 8.15. The quantitative estimate of drug-likeness (QED) is 0.798. The van der Waals surface area contributed by atoms with Gasteiger partial charge in [0, 0.05) is 11.6 Å². The number of hydrogen-bond donors (Lipinski definition) is 1. The smallest absolute Gasteiger partial charge is 0.128 e. The SMILES string of the molecule is CCNC(c1ccc(C)cc1F)C1CCCC(CC)C1. The van der Waals surface area contributed by atoms with Gasteiger partial charge in [-0.2, -0.15) is 0 Å². The zero-order valence-electron chi connectivity index (χ0n) is 13.1. The normalized spacial score (nSPS) is 24.6. The Labute approximate surface area is 123 Å². The summed E-state index contributed by atoms with van der Waals surface area (Å²) >= 11 is 0. The number of halogens is 1. The lowest BCUT2D eigenvalue weighted by Crippen LogP contribution is -2.32. The molecule has 3 atom stereocenters. The molecule has 0 aliphatic heterocycles. The number of hydrogen-bond acceptors (Lipinski definition) is 1. The van der Waals surface area contributed by atoms with Crippen LogP contribution >= 0.6 is 0 Å². The fraction of sp³-hybridized carbons (Fsp3) is 0.667. The fourth-order valence-electron chi connectivity index (χ4n) is 3.64. The molecule has 0 amide bonds. The summed E-state index contributed by atoms with van der Waals surface area (Å²) in [7, 11) is 0. The molecule has 1 aromatic rings. The Morgan fingerprint density at radius 2 is 2.10 bits per heavy atom. The van der Waals surface area contributed by atoms with E-state index in [-0.39, 0.29) is 11.9 Å². The molecule has 1 aromatic carbocycles. The number of rotatable bonds is 5. The van der Waals surface area contributed by atoms with Crippen molar-refractivity contribution in [3.05, 3.63) is 35.1 Å². The lowest BCUT2D eigenvalue weighted by Gasteiger charge is -2.35. The summed E-state index contributed by atoms with van der Waals surface area (Å²) in [6.45, 7) is 7.23. The van der Waals surface area contributed by atoms with Crippen molar-refractivity contribution in [3.63, 3.8) is 0 Å². The average molecular weight is 277 g/mol. The van der Waals surface area contributed by atoms with Crippen LogP contribution in [0.25, 0.3) is 0 Å². The van der Waals surface area contributed by atoms with Gasteiger partial charge in [0.1, 0.15) is 5.82 Å². The summed E-state index contributed by atoms with van der Waals surface area (Å²) in [6.07, 6.45) is 6.36. The van der Waals surface area contributed by atoms with Gasteiger partial charge in [-0.05, 0) is 49.8 Å². The van der Waals surface area contributed by atoms with Crippen molar-refractivity contribution >= 4 is 0 Å². The zero-order chi connectivity index (χ0) is 14.5. The van der Waals surface area contributed by atoms with Gasteiger partial charge in [0.2, 0.25) is 0 Å². The Morgan fingerprint density at radius 3 is 2.75 bits per heavy atom. The topological polar surface area (TPSA) is 12.0 Å². The molecule has 112 valence electrons. The minimum Gasteiger partial charge on any atom is -0.310 e. The molecule has 2 heteroatoms. The molecule has 20 heavy (non-hydrogen) atoms. The molecule has 0 bridgehead atoms. The van der Waals surface area contributed by atoms with E-state index >= 15 is 0 Å². The number of aryl methyl sites for hydroxylation is 1. The van der Waals surface area contributed by atoms with Crippen molar-refractivity contribution in [2.75, 3.05) is 6.54 Å². The summed E-state index contributed by atoms with van der Waals surface area (Å²) in [5.74, 6) is 1.35. The van der Waals surface area contributed by atoms with Gasteiger partial charge in [-0.25, -0.2) is 4.39 Å². The molecule has 1 fully saturated rings. The first kappa shape index (κ1) is 15.5. The predicted octanol–water partition coefficient (Wildman–Crippen LogP) is 5.00. The Balaban J connectivity index is 2.21. The van der Waals surface area contributed by atoms with E-state index in [1.54, 1.807) is 6.07 Å². The van der Waals surface area contributed by atoms with E-state index in [9.17, 15) is 4.39 Å². The van der Waals surface area contributed by atoms with E-state index in [0.717, 1.165) is 23.6 Å². The molecule has 1 aliphatic rings. The van der Waals surface area contributed by atoms with Crippen LogP contribution < -0.4 is 5.32 Å². The Bertz CT molecular complexity index is 429. The van der Waals surface area contributed by atoms with E-state index in [2.05, 4.69) is 19.2 Å². The highest BCUT2D eigenvalue weighted by Crippen LogP contribution is 2.39. The number of benzene rings is 1. The lowest BCUT2D eigenvalue weighted by molar-refractivity contribution is 0.208. The van der Waals surface area contributed by atoms with E-state index in [1.807, 2.05) is 19.1 Å². The van der Waals surface area contributed by atoms with Gasteiger partial charge in [-0.1, -0.05) is 45.2 Å². The third kappa shape index (κ3) is 3.60. The minimum absolute atomic E-state index is 0.0467. The van der Waals surface area contributed by atoms with Gasteiger partial charge in [0.25, 0.3) is 0 Å². The Kier molecular flexibility index (Phi) is 5.59. The molecule has 0 spiro atoms. The average Bonchev–Trinajstić information content (AvgIpc) is 2.45. The molecule has 1 aliphatic carbocycles. The molecule has 0 heterocycles. The monoisotopic (exact) mass is 277 g/mol. The van der Waals surface area contributed by atoms with Crippen LogP contribution in [0, 0.1) is 24.6 Å². The van der Waals surface area contributed by atoms with Gasteiger partial charge in [-0.3, -0.25) is 0 Å². The van der Waals surface area contributed by atoms with Crippen molar-refractivity contribution < 1.29 is 4.39 Å². The van der Waals surface area contributed by atoms with Crippen LogP contribution in [0.3, 0.4) is 0 Å². The maximum absolute atomic E-state index is 14.3. The molecule has 0 aromatic heterocycles. The highest BCUT2D eigenvalue weighted by molar-refractivity contribution is 5.26. The molecule has 1 nitrogen and oxygen atoms in total. The summed E-state index contributed by atoms with van der Waals surface area (Å²) in [4.78, 5) is 0. The van der Waals surface area contributed by atoms with Crippen molar-refractivity contribution in [1.82, 2.24) is 5.32 Å². The second kappa shape index (κ2) is 7.21. The lowest BCUT2D eigenvalue weighted by atomic mass is 9.75. The molecule has 0 saturated heterocycles. The van der Waals surface area contributed by atoms with Gasteiger partial charge in [-0.15, -0.1) is 0 Å². The first-order valence-corrected chi connectivity index (χ1v) is 8.15. The standard InChI is InChI=1S/C18H28FN/c1-4-14-7-6-8-15(12-14)18(20-5-2)16-10-9-13(3)11-17(16)19/h9-11,14-15,18,20H,4-8,12H2,1-3H3. The Morgan fingerprint density at radius 1 is 1.30 bits per heavy atom. The van der Waals surface area contributed by atoms with Crippen molar-refractivity contribution in [3.8, 4) is 0 Å². The van der Waals surface area contributed by atoms with Crippen molar-refractivity contribution in [2.45, 2.75) is 58.9 Å². The summed E-state index contributed by atoms with van der Waals surface area (Å²) < 4.78 is 14.3. The van der Waals surface area contributed by atoms with E-state index in [4.69, 9.17) is 0 Å². The second-order valence-corrected chi connectivity index (χ2v) is 6.26. The van der Waals surface area contributed by atoms with Crippen LogP contribution in [0.2, 0.25) is 0 Å². The highest BCUT2D eigenvalue weighted by Gasteiger charge is 2.29. The third-order valence-corrected chi connectivity index (χ3v) is 4.79. The van der Waals surface area contributed by atoms with Crippen LogP contribution in [-0.4, -0.2) is 6.54 Å². The first-order chi connectivity index (χ1) is 9.65.